The summed E-state index contributed by atoms with van der Waals surface area (Å²) in [6, 6.07) is 14.2. The molecule has 4 nitrogen and oxygen atoms in total. The molecule has 0 aliphatic rings. The average Bonchev–Trinajstić information content (AvgIpc) is 2.47. The van der Waals surface area contributed by atoms with Crippen molar-refractivity contribution in [2.75, 3.05) is 5.32 Å². The lowest BCUT2D eigenvalue weighted by Gasteiger charge is -2.11. The van der Waals surface area contributed by atoms with Crippen LogP contribution in [0.25, 0.3) is 0 Å². The molecule has 4 heteroatoms. The van der Waals surface area contributed by atoms with Crippen LogP contribution in [0, 0.1) is 0 Å². The minimum atomic E-state index is -0.565. The number of nitrogens with one attached hydrogen (secondary N) is 1. The highest BCUT2D eigenvalue weighted by atomic mass is 16.5. The summed E-state index contributed by atoms with van der Waals surface area (Å²) >= 11 is 0. The lowest BCUT2D eigenvalue weighted by atomic mass is 10.1. The lowest BCUT2D eigenvalue weighted by Crippen LogP contribution is -2.12. The number of carbonyl (C=O) groups excluding carboxylic acids is 1. The molecule has 2 aromatic rings. The van der Waals surface area contributed by atoms with Crippen molar-refractivity contribution in [3.05, 3.63) is 59.7 Å². The molecule has 0 saturated heterocycles. The maximum absolute atomic E-state index is 12.2. The van der Waals surface area contributed by atoms with Gasteiger partial charge in [-0.3, -0.25) is 4.79 Å². The van der Waals surface area contributed by atoms with E-state index in [4.69, 9.17) is 4.74 Å². The maximum Gasteiger partial charge on any atom is 0.255 e. The fourth-order valence-corrected chi connectivity index (χ4v) is 2.04. The van der Waals surface area contributed by atoms with E-state index in [0.717, 1.165) is 11.3 Å². The van der Waals surface area contributed by atoms with Gasteiger partial charge in [0.05, 0.1) is 12.2 Å². The fraction of sp³-hybridized carbons (Fsp3) is 0.278. The molecule has 0 saturated carbocycles. The maximum atomic E-state index is 12.2. The van der Waals surface area contributed by atoms with Gasteiger partial charge >= 0.3 is 0 Å². The molecule has 0 spiro atoms. The quantitative estimate of drug-likeness (QED) is 0.883. The van der Waals surface area contributed by atoms with Crippen molar-refractivity contribution in [1.82, 2.24) is 0 Å². The van der Waals surface area contributed by atoms with Crippen LogP contribution in [0.4, 0.5) is 5.69 Å². The topological polar surface area (TPSA) is 58.6 Å². The molecule has 2 rings (SSSR count). The molecular weight excluding hydrogens is 278 g/mol. The predicted octanol–water partition coefficient (Wildman–Crippen LogP) is 3.78. The summed E-state index contributed by atoms with van der Waals surface area (Å²) < 4.78 is 5.55. The summed E-state index contributed by atoms with van der Waals surface area (Å²) in [5, 5.41) is 12.4. The van der Waals surface area contributed by atoms with Crippen molar-refractivity contribution in [3.63, 3.8) is 0 Å². The van der Waals surface area contributed by atoms with E-state index >= 15 is 0 Å². The Balaban J connectivity index is 2.07. The van der Waals surface area contributed by atoms with Crippen molar-refractivity contribution in [3.8, 4) is 5.75 Å². The van der Waals surface area contributed by atoms with Gasteiger partial charge in [0.2, 0.25) is 0 Å². The molecule has 0 heterocycles. The number of amides is 1. The number of rotatable bonds is 5. The van der Waals surface area contributed by atoms with Gasteiger partial charge in [-0.25, -0.2) is 0 Å². The van der Waals surface area contributed by atoms with Crippen molar-refractivity contribution in [1.29, 1.82) is 0 Å². The Morgan fingerprint density at radius 1 is 1.09 bits per heavy atom. The summed E-state index contributed by atoms with van der Waals surface area (Å²) in [6.07, 6.45) is -0.466. The van der Waals surface area contributed by atoms with Gasteiger partial charge in [-0.2, -0.15) is 0 Å². The Hall–Kier alpha value is -2.33. The van der Waals surface area contributed by atoms with Crippen molar-refractivity contribution in [2.45, 2.75) is 33.0 Å². The third kappa shape index (κ3) is 4.33. The second-order valence-electron chi connectivity index (χ2n) is 5.45. The Bertz CT molecular complexity index is 633. The Morgan fingerprint density at radius 2 is 1.77 bits per heavy atom. The van der Waals surface area contributed by atoms with Crippen LogP contribution >= 0.6 is 0 Å². The normalized spacial score (nSPS) is 12.0. The molecule has 1 atom stereocenters. The first-order valence-electron chi connectivity index (χ1n) is 7.32. The van der Waals surface area contributed by atoms with Gasteiger partial charge < -0.3 is 15.2 Å². The molecule has 0 aromatic heterocycles. The summed E-state index contributed by atoms with van der Waals surface area (Å²) in [4.78, 5) is 12.2. The third-order valence-electron chi connectivity index (χ3n) is 3.12. The van der Waals surface area contributed by atoms with Crippen LogP contribution in [0.15, 0.2) is 48.5 Å². The van der Waals surface area contributed by atoms with Crippen LogP contribution in [0.3, 0.4) is 0 Å². The number of benzene rings is 2. The van der Waals surface area contributed by atoms with Crippen LogP contribution in [-0.4, -0.2) is 17.1 Å². The van der Waals surface area contributed by atoms with Crippen molar-refractivity contribution in [2.24, 2.45) is 0 Å². The van der Waals surface area contributed by atoms with Crippen LogP contribution in [0.1, 0.15) is 42.8 Å². The molecule has 2 N–H and O–H groups in total. The fourth-order valence-electron chi connectivity index (χ4n) is 2.04. The summed E-state index contributed by atoms with van der Waals surface area (Å²) in [7, 11) is 0. The number of hydrogen-bond acceptors (Lipinski definition) is 3. The van der Waals surface area contributed by atoms with Gasteiger partial charge in [0, 0.05) is 11.3 Å². The molecule has 1 amide bonds. The Kier molecular flexibility index (Phi) is 5.17. The van der Waals surface area contributed by atoms with Gasteiger partial charge in [-0.1, -0.05) is 12.1 Å². The van der Waals surface area contributed by atoms with E-state index in [1.807, 2.05) is 19.9 Å². The zero-order valence-electron chi connectivity index (χ0n) is 13.0. The van der Waals surface area contributed by atoms with Crippen LogP contribution in [-0.2, 0) is 0 Å². The molecule has 116 valence electrons. The van der Waals surface area contributed by atoms with Crippen molar-refractivity contribution < 1.29 is 14.6 Å². The van der Waals surface area contributed by atoms with Gasteiger partial charge in [0.1, 0.15) is 5.75 Å². The van der Waals surface area contributed by atoms with Gasteiger partial charge in [-0.05, 0) is 62.7 Å². The number of aliphatic hydroxyl groups is 1. The van der Waals surface area contributed by atoms with Crippen LogP contribution in [0.2, 0.25) is 0 Å². The second-order valence-corrected chi connectivity index (χ2v) is 5.45. The second kappa shape index (κ2) is 7.09. The van der Waals surface area contributed by atoms with Gasteiger partial charge in [0.25, 0.3) is 5.91 Å². The average molecular weight is 299 g/mol. The highest BCUT2D eigenvalue weighted by molar-refractivity contribution is 6.04. The van der Waals surface area contributed by atoms with Gasteiger partial charge in [-0.15, -0.1) is 0 Å². The SMILES string of the molecule is CC(C)Oc1ccc(C(=O)Nc2cccc(C(C)O)c2)cc1. The molecule has 0 bridgehead atoms. The minimum Gasteiger partial charge on any atom is -0.491 e. The number of aliphatic hydroxyl groups excluding tert-OH is 1. The van der Waals surface area contributed by atoms with E-state index in [9.17, 15) is 9.90 Å². The molecule has 1 unspecified atom stereocenters. The highest BCUT2D eigenvalue weighted by Crippen LogP contribution is 2.19. The number of ether oxygens (including phenoxy) is 1. The van der Waals surface area contributed by atoms with E-state index in [2.05, 4.69) is 5.32 Å². The smallest absolute Gasteiger partial charge is 0.255 e. The molecule has 0 fully saturated rings. The number of carbonyl (C=O) groups is 1. The minimum absolute atomic E-state index is 0.0999. The number of anilines is 1. The Morgan fingerprint density at radius 3 is 2.36 bits per heavy atom. The van der Waals surface area contributed by atoms with Crippen molar-refractivity contribution >= 4 is 11.6 Å². The first-order valence-corrected chi connectivity index (χ1v) is 7.32. The molecule has 22 heavy (non-hydrogen) atoms. The van der Waals surface area contributed by atoms with Gasteiger partial charge in [0.15, 0.2) is 0 Å². The largest absolute Gasteiger partial charge is 0.491 e. The lowest BCUT2D eigenvalue weighted by molar-refractivity contribution is 0.102. The van der Waals surface area contributed by atoms with E-state index in [0.29, 0.717) is 11.3 Å². The molecule has 0 radical (unpaired) electrons. The van der Waals surface area contributed by atoms with Crippen LogP contribution < -0.4 is 10.1 Å². The Labute approximate surface area is 130 Å². The standard InChI is InChI=1S/C18H21NO3/c1-12(2)22-17-9-7-14(8-10-17)18(21)19-16-6-4-5-15(11-16)13(3)20/h4-13,20H,1-3H3,(H,19,21). The van der Waals surface area contributed by atoms with Crippen LogP contribution in [0.5, 0.6) is 5.75 Å². The zero-order chi connectivity index (χ0) is 16.1. The molecular formula is C18H21NO3. The molecule has 0 aliphatic heterocycles. The van der Waals surface area contributed by atoms with E-state index in [1.54, 1.807) is 49.4 Å². The first kappa shape index (κ1) is 16.0. The third-order valence-corrected chi connectivity index (χ3v) is 3.12. The molecule has 2 aromatic carbocycles. The van der Waals surface area contributed by atoms with E-state index in [1.165, 1.54) is 0 Å². The first-order chi connectivity index (χ1) is 10.5. The monoisotopic (exact) mass is 299 g/mol. The zero-order valence-corrected chi connectivity index (χ0v) is 13.0. The summed E-state index contributed by atoms with van der Waals surface area (Å²) in [5.41, 5.74) is 1.97. The van der Waals surface area contributed by atoms with E-state index < -0.39 is 6.10 Å². The number of hydrogen-bond donors (Lipinski definition) is 2. The summed E-state index contributed by atoms with van der Waals surface area (Å²) in [6.45, 7) is 5.60. The highest BCUT2D eigenvalue weighted by Gasteiger charge is 2.08. The van der Waals surface area contributed by atoms with E-state index in [-0.39, 0.29) is 12.0 Å². The summed E-state index contributed by atoms with van der Waals surface area (Å²) in [5.74, 6) is 0.543. The molecule has 0 aliphatic carbocycles. The predicted molar refractivity (Wildman–Crippen MR) is 87.2 cm³/mol.